The maximum atomic E-state index is 12.2. The van der Waals surface area contributed by atoms with Gasteiger partial charge in [-0.2, -0.15) is 0 Å². The van der Waals surface area contributed by atoms with Crippen molar-refractivity contribution in [1.29, 1.82) is 0 Å². The van der Waals surface area contributed by atoms with Crippen LogP contribution >= 0.6 is 11.3 Å². The number of hydrogen-bond donors (Lipinski definition) is 1. The van der Waals surface area contributed by atoms with Crippen LogP contribution in [0.3, 0.4) is 0 Å². The molecule has 1 aliphatic rings. The molecule has 2 N–H and O–H groups in total. The first-order valence-corrected chi connectivity index (χ1v) is 8.12. The fourth-order valence-electron chi connectivity index (χ4n) is 2.33. The molecule has 1 amide bonds. The molecule has 1 aromatic rings. The fraction of sp³-hybridized carbons (Fsp3) is 0.714. The minimum atomic E-state index is 0.166. The van der Waals surface area contributed by atoms with Crippen molar-refractivity contribution in [3.8, 4) is 0 Å². The number of aromatic nitrogens is 1. The molecule has 20 heavy (non-hydrogen) atoms. The van der Waals surface area contributed by atoms with Gasteiger partial charge in [-0.15, -0.1) is 11.3 Å². The number of carbonyl (C=O) groups excluding carboxylic acids is 1. The van der Waals surface area contributed by atoms with Gasteiger partial charge in [-0.3, -0.25) is 9.69 Å². The van der Waals surface area contributed by atoms with Gasteiger partial charge in [0.15, 0.2) is 5.13 Å². The van der Waals surface area contributed by atoms with E-state index >= 15 is 0 Å². The van der Waals surface area contributed by atoms with Gasteiger partial charge < -0.3 is 10.6 Å². The van der Waals surface area contributed by atoms with Crippen molar-refractivity contribution in [3.05, 3.63) is 11.1 Å². The normalized spacial score (nSPS) is 16.9. The predicted molar refractivity (Wildman–Crippen MR) is 82.7 cm³/mol. The van der Waals surface area contributed by atoms with Crippen molar-refractivity contribution in [1.82, 2.24) is 14.8 Å². The molecule has 0 radical (unpaired) electrons. The van der Waals surface area contributed by atoms with Gasteiger partial charge in [-0.25, -0.2) is 4.98 Å². The molecule has 5 nitrogen and oxygen atoms in total. The Labute approximate surface area is 124 Å². The smallest absolute Gasteiger partial charge is 0.228 e. The van der Waals surface area contributed by atoms with Crippen molar-refractivity contribution in [2.24, 2.45) is 5.92 Å². The highest BCUT2D eigenvalue weighted by molar-refractivity contribution is 7.13. The summed E-state index contributed by atoms with van der Waals surface area (Å²) in [4.78, 5) is 20.7. The quantitative estimate of drug-likeness (QED) is 0.893. The Hall–Kier alpha value is -1.14. The lowest BCUT2D eigenvalue weighted by Crippen LogP contribution is -2.49. The van der Waals surface area contributed by atoms with Crippen LogP contribution in [0, 0.1) is 5.92 Å². The van der Waals surface area contributed by atoms with E-state index in [1.807, 2.05) is 10.3 Å². The molecule has 1 aliphatic heterocycles. The second-order valence-electron chi connectivity index (χ2n) is 5.76. The van der Waals surface area contributed by atoms with E-state index < -0.39 is 0 Å². The minimum Gasteiger partial charge on any atom is -0.375 e. The van der Waals surface area contributed by atoms with Crippen molar-refractivity contribution in [2.75, 3.05) is 38.5 Å². The van der Waals surface area contributed by atoms with Crippen LogP contribution in [0.5, 0.6) is 0 Å². The molecule has 1 aromatic heterocycles. The predicted octanol–water partition coefficient (Wildman–Crippen LogP) is 1.46. The van der Waals surface area contributed by atoms with E-state index in [0.717, 1.165) is 44.3 Å². The van der Waals surface area contributed by atoms with Crippen molar-refractivity contribution in [3.63, 3.8) is 0 Å². The number of rotatable bonds is 5. The Morgan fingerprint density at radius 3 is 2.65 bits per heavy atom. The molecule has 0 bridgehead atoms. The first kappa shape index (κ1) is 15.3. The number of piperazine rings is 1. The Morgan fingerprint density at radius 2 is 2.10 bits per heavy atom. The number of amides is 1. The Morgan fingerprint density at radius 1 is 1.40 bits per heavy atom. The Balaban J connectivity index is 1.74. The molecule has 2 rings (SSSR count). The summed E-state index contributed by atoms with van der Waals surface area (Å²) in [7, 11) is 0. The molecule has 112 valence electrons. The lowest BCUT2D eigenvalue weighted by Gasteiger charge is -2.35. The zero-order chi connectivity index (χ0) is 14.5. The van der Waals surface area contributed by atoms with Gasteiger partial charge in [0.2, 0.25) is 5.91 Å². The zero-order valence-electron chi connectivity index (χ0n) is 12.3. The van der Waals surface area contributed by atoms with E-state index in [2.05, 4.69) is 23.7 Å². The highest BCUT2D eigenvalue weighted by Crippen LogP contribution is 2.13. The molecule has 6 heteroatoms. The van der Waals surface area contributed by atoms with Gasteiger partial charge in [0.1, 0.15) is 0 Å². The number of anilines is 1. The molecule has 0 atom stereocenters. The monoisotopic (exact) mass is 296 g/mol. The van der Waals surface area contributed by atoms with E-state index in [4.69, 9.17) is 5.73 Å². The summed E-state index contributed by atoms with van der Waals surface area (Å²) in [5.41, 5.74) is 6.38. The molecule has 0 spiro atoms. The summed E-state index contributed by atoms with van der Waals surface area (Å²) in [6.45, 7) is 9.27. The van der Waals surface area contributed by atoms with Gasteiger partial charge in [-0.05, 0) is 18.9 Å². The van der Waals surface area contributed by atoms with Crippen molar-refractivity contribution < 1.29 is 4.79 Å². The largest absolute Gasteiger partial charge is 0.375 e. The van der Waals surface area contributed by atoms with Crippen LogP contribution in [-0.4, -0.2) is 53.4 Å². The maximum Gasteiger partial charge on any atom is 0.228 e. The minimum absolute atomic E-state index is 0.166. The second kappa shape index (κ2) is 7.04. The molecular formula is C14H24N4OS. The lowest BCUT2D eigenvalue weighted by molar-refractivity contribution is -0.132. The standard InChI is InChI=1S/C14H24N4OS/c1-11(2)3-4-17-5-7-18(8-6-17)13(19)9-12-10-20-14(15)16-12/h10-11H,3-9H2,1-2H3,(H2,15,16). The number of carbonyl (C=O) groups is 1. The highest BCUT2D eigenvalue weighted by atomic mass is 32.1. The summed E-state index contributed by atoms with van der Waals surface area (Å²) < 4.78 is 0. The van der Waals surface area contributed by atoms with Crippen LogP contribution in [0.4, 0.5) is 5.13 Å². The van der Waals surface area contributed by atoms with E-state index in [0.29, 0.717) is 11.6 Å². The molecule has 2 heterocycles. The van der Waals surface area contributed by atoms with Crippen molar-refractivity contribution in [2.45, 2.75) is 26.7 Å². The third kappa shape index (κ3) is 4.45. The van der Waals surface area contributed by atoms with Crippen LogP contribution in [0.2, 0.25) is 0 Å². The second-order valence-corrected chi connectivity index (χ2v) is 6.65. The summed E-state index contributed by atoms with van der Waals surface area (Å²) in [6, 6.07) is 0. The van der Waals surface area contributed by atoms with Gasteiger partial charge in [-0.1, -0.05) is 13.8 Å². The number of nitrogens with two attached hydrogens (primary N) is 1. The van der Waals surface area contributed by atoms with Gasteiger partial charge in [0.05, 0.1) is 12.1 Å². The average Bonchev–Trinajstić information content (AvgIpc) is 2.82. The number of thiazole rings is 1. The fourth-order valence-corrected chi connectivity index (χ4v) is 2.90. The van der Waals surface area contributed by atoms with E-state index in [1.165, 1.54) is 17.8 Å². The van der Waals surface area contributed by atoms with Gasteiger partial charge in [0.25, 0.3) is 0 Å². The number of nitrogens with zero attached hydrogens (tertiary/aromatic N) is 3. The molecular weight excluding hydrogens is 272 g/mol. The first-order valence-electron chi connectivity index (χ1n) is 7.24. The number of nitrogen functional groups attached to an aromatic ring is 1. The van der Waals surface area contributed by atoms with Crippen LogP contribution < -0.4 is 5.73 Å². The van der Waals surface area contributed by atoms with Gasteiger partial charge in [0, 0.05) is 31.6 Å². The average molecular weight is 296 g/mol. The summed E-state index contributed by atoms with van der Waals surface area (Å²) >= 11 is 1.39. The molecule has 0 saturated carbocycles. The maximum absolute atomic E-state index is 12.2. The Kier molecular flexibility index (Phi) is 5.37. The van der Waals surface area contributed by atoms with Crippen LogP contribution in [0.15, 0.2) is 5.38 Å². The third-order valence-corrected chi connectivity index (χ3v) is 4.37. The molecule has 0 aromatic carbocycles. The van der Waals surface area contributed by atoms with Crippen LogP contribution in [0.25, 0.3) is 0 Å². The Bertz CT molecular complexity index is 438. The van der Waals surface area contributed by atoms with Crippen molar-refractivity contribution >= 4 is 22.4 Å². The summed E-state index contributed by atoms with van der Waals surface area (Å²) in [6.07, 6.45) is 1.60. The summed E-state index contributed by atoms with van der Waals surface area (Å²) in [5.74, 6) is 0.906. The SMILES string of the molecule is CC(C)CCN1CCN(C(=O)Cc2csc(N)n2)CC1. The lowest BCUT2D eigenvalue weighted by atomic mass is 10.1. The molecule has 0 aliphatic carbocycles. The van der Waals surface area contributed by atoms with E-state index in [1.54, 1.807) is 0 Å². The molecule has 0 unspecified atom stereocenters. The zero-order valence-corrected chi connectivity index (χ0v) is 13.2. The van der Waals surface area contributed by atoms with E-state index in [9.17, 15) is 4.79 Å². The van der Waals surface area contributed by atoms with E-state index in [-0.39, 0.29) is 5.91 Å². The molecule has 1 fully saturated rings. The first-order chi connectivity index (χ1) is 9.54. The highest BCUT2D eigenvalue weighted by Gasteiger charge is 2.21. The van der Waals surface area contributed by atoms with Crippen LogP contribution in [-0.2, 0) is 11.2 Å². The topological polar surface area (TPSA) is 62.5 Å². The summed E-state index contributed by atoms with van der Waals surface area (Å²) in [5, 5.41) is 2.40. The third-order valence-electron chi connectivity index (χ3n) is 3.65. The molecule has 1 saturated heterocycles. The van der Waals surface area contributed by atoms with Gasteiger partial charge >= 0.3 is 0 Å². The number of hydrogen-bond acceptors (Lipinski definition) is 5. The van der Waals surface area contributed by atoms with Crippen LogP contribution in [0.1, 0.15) is 26.0 Å².